The SMILES string of the molecule is CCCNCc1nnc(NCCCC(=O)NC2CC2)o1. The molecule has 1 saturated carbocycles. The molecule has 1 aliphatic rings. The standard InChI is InChI=1S/C13H23N5O2/c1-2-7-14-9-12-17-18-13(20-12)15-8-3-4-11(19)16-10-5-6-10/h10,14H,2-9H2,1H3,(H,15,18)(H,16,19). The van der Waals surface area contributed by atoms with Gasteiger partial charge in [-0.3, -0.25) is 4.79 Å². The van der Waals surface area contributed by atoms with E-state index in [9.17, 15) is 4.79 Å². The summed E-state index contributed by atoms with van der Waals surface area (Å²) in [4.78, 5) is 11.5. The van der Waals surface area contributed by atoms with E-state index in [2.05, 4.69) is 33.1 Å². The molecule has 2 rings (SSSR count). The molecule has 0 spiro atoms. The van der Waals surface area contributed by atoms with E-state index < -0.39 is 0 Å². The maximum Gasteiger partial charge on any atom is 0.315 e. The van der Waals surface area contributed by atoms with Crippen molar-refractivity contribution >= 4 is 11.9 Å². The maximum atomic E-state index is 11.5. The molecule has 1 fully saturated rings. The van der Waals surface area contributed by atoms with Gasteiger partial charge in [0, 0.05) is 19.0 Å². The molecule has 1 heterocycles. The molecular formula is C13H23N5O2. The molecule has 1 aromatic heterocycles. The Kier molecular flexibility index (Phi) is 5.79. The molecule has 1 aliphatic carbocycles. The monoisotopic (exact) mass is 281 g/mol. The highest BCUT2D eigenvalue weighted by Crippen LogP contribution is 2.18. The van der Waals surface area contributed by atoms with Crippen molar-refractivity contribution in [3.8, 4) is 0 Å². The first-order valence-corrected chi connectivity index (χ1v) is 7.34. The number of carbonyl (C=O) groups excluding carboxylic acids is 1. The van der Waals surface area contributed by atoms with Gasteiger partial charge < -0.3 is 20.4 Å². The van der Waals surface area contributed by atoms with E-state index in [1.807, 2.05) is 0 Å². The minimum atomic E-state index is 0.129. The third-order valence-corrected chi connectivity index (χ3v) is 2.97. The third kappa shape index (κ3) is 5.56. The lowest BCUT2D eigenvalue weighted by atomic mass is 10.3. The highest BCUT2D eigenvalue weighted by Gasteiger charge is 2.22. The van der Waals surface area contributed by atoms with Crippen LogP contribution in [0.25, 0.3) is 0 Å². The molecule has 0 bridgehead atoms. The van der Waals surface area contributed by atoms with Crippen LogP contribution in [0.2, 0.25) is 0 Å². The largest absolute Gasteiger partial charge is 0.407 e. The molecule has 7 nitrogen and oxygen atoms in total. The molecule has 3 N–H and O–H groups in total. The minimum absolute atomic E-state index is 0.129. The number of anilines is 1. The Morgan fingerprint density at radius 2 is 2.20 bits per heavy atom. The van der Waals surface area contributed by atoms with Gasteiger partial charge in [0.1, 0.15) is 0 Å². The van der Waals surface area contributed by atoms with Crippen molar-refractivity contribution in [2.24, 2.45) is 0 Å². The van der Waals surface area contributed by atoms with Crippen LogP contribution in [0.1, 0.15) is 44.9 Å². The summed E-state index contributed by atoms with van der Waals surface area (Å²) in [7, 11) is 0. The van der Waals surface area contributed by atoms with Crippen LogP contribution >= 0.6 is 0 Å². The van der Waals surface area contributed by atoms with Crippen LogP contribution in [0.4, 0.5) is 6.01 Å². The molecule has 20 heavy (non-hydrogen) atoms. The number of nitrogens with one attached hydrogen (secondary N) is 3. The summed E-state index contributed by atoms with van der Waals surface area (Å²) in [5, 5.41) is 17.0. The summed E-state index contributed by atoms with van der Waals surface area (Å²) >= 11 is 0. The molecule has 1 amide bonds. The first-order chi connectivity index (χ1) is 9.78. The quantitative estimate of drug-likeness (QED) is 0.555. The van der Waals surface area contributed by atoms with Gasteiger partial charge in [-0.15, -0.1) is 5.10 Å². The van der Waals surface area contributed by atoms with Crippen LogP contribution in [0.5, 0.6) is 0 Å². The first kappa shape index (κ1) is 14.8. The number of hydrogen-bond acceptors (Lipinski definition) is 6. The zero-order chi connectivity index (χ0) is 14.2. The zero-order valence-electron chi connectivity index (χ0n) is 11.9. The number of nitrogens with zero attached hydrogens (tertiary/aromatic N) is 2. The second kappa shape index (κ2) is 7.84. The van der Waals surface area contributed by atoms with Crippen molar-refractivity contribution in [2.75, 3.05) is 18.4 Å². The number of aromatic nitrogens is 2. The van der Waals surface area contributed by atoms with E-state index in [0.717, 1.165) is 32.2 Å². The highest BCUT2D eigenvalue weighted by atomic mass is 16.4. The van der Waals surface area contributed by atoms with Crippen LogP contribution < -0.4 is 16.0 Å². The number of amides is 1. The van der Waals surface area contributed by atoms with Gasteiger partial charge in [-0.05, 0) is 32.2 Å². The average Bonchev–Trinajstić information content (AvgIpc) is 3.13. The van der Waals surface area contributed by atoms with Gasteiger partial charge in [0.15, 0.2) is 0 Å². The van der Waals surface area contributed by atoms with Gasteiger partial charge in [0.05, 0.1) is 6.54 Å². The van der Waals surface area contributed by atoms with Gasteiger partial charge in [-0.2, -0.15) is 0 Å². The Bertz CT molecular complexity index is 417. The third-order valence-electron chi connectivity index (χ3n) is 2.97. The van der Waals surface area contributed by atoms with E-state index in [1.54, 1.807) is 0 Å². The summed E-state index contributed by atoms with van der Waals surface area (Å²) in [6, 6.07) is 0.852. The topological polar surface area (TPSA) is 92.1 Å². The Hall–Kier alpha value is -1.63. The van der Waals surface area contributed by atoms with E-state index >= 15 is 0 Å². The number of hydrogen-bond donors (Lipinski definition) is 3. The molecular weight excluding hydrogens is 258 g/mol. The van der Waals surface area contributed by atoms with Crippen molar-refractivity contribution in [2.45, 2.75) is 51.6 Å². The summed E-state index contributed by atoms with van der Waals surface area (Å²) in [6.07, 6.45) is 4.61. The lowest BCUT2D eigenvalue weighted by molar-refractivity contribution is -0.121. The smallest absolute Gasteiger partial charge is 0.315 e. The molecule has 0 unspecified atom stereocenters. The molecule has 1 aromatic rings. The molecule has 0 saturated heterocycles. The second-order valence-corrected chi connectivity index (χ2v) is 5.05. The van der Waals surface area contributed by atoms with Gasteiger partial charge in [-0.1, -0.05) is 12.0 Å². The van der Waals surface area contributed by atoms with E-state index in [4.69, 9.17) is 4.42 Å². The Balaban J connectivity index is 1.55. The summed E-state index contributed by atoms with van der Waals surface area (Å²) in [5.74, 6) is 0.705. The minimum Gasteiger partial charge on any atom is -0.407 e. The van der Waals surface area contributed by atoms with Crippen LogP contribution in [0.3, 0.4) is 0 Å². The summed E-state index contributed by atoms with van der Waals surface area (Å²) in [5.41, 5.74) is 0. The maximum absolute atomic E-state index is 11.5. The predicted octanol–water partition coefficient (Wildman–Crippen LogP) is 1.04. The Morgan fingerprint density at radius 1 is 1.35 bits per heavy atom. The Morgan fingerprint density at radius 3 is 2.95 bits per heavy atom. The van der Waals surface area contributed by atoms with Gasteiger partial charge >= 0.3 is 6.01 Å². The number of carbonyl (C=O) groups is 1. The normalized spacial score (nSPS) is 14.2. The van der Waals surface area contributed by atoms with E-state index in [0.29, 0.717) is 37.5 Å². The van der Waals surface area contributed by atoms with Crippen molar-refractivity contribution in [1.82, 2.24) is 20.8 Å². The van der Waals surface area contributed by atoms with E-state index in [-0.39, 0.29) is 5.91 Å². The van der Waals surface area contributed by atoms with Crippen LogP contribution in [0.15, 0.2) is 4.42 Å². The molecule has 0 aromatic carbocycles. The van der Waals surface area contributed by atoms with Gasteiger partial charge in [0.2, 0.25) is 11.8 Å². The zero-order valence-corrected chi connectivity index (χ0v) is 11.9. The van der Waals surface area contributed by atoms with E-state index in [1.165, 1.54) is 0 Å². The van der Waals surface area contributed by atoms with Crippen molar-refractivity contribution in [1.29, 1.82) is 0 Å². The molecule has 0 atom stereocenters. The molecule has 0 radical (unpaired) electrons. The fraction of sp³-hybridized carbons (Fsp3) is 0.769. The summed E-state index contributed by atoms with van der Waals surface area (Å²) in [6.45, 7) is 4.28. The highest BCUT2D eigenvalue weighted by molar-refractivity contribution is 5.76. The lowest BCUT2D eigenvalue weighted by Gasteiger charge is -2.03. The van der Waals surface area contributed by atoms with Crippen molar-refractivity contribution < 1.29 is 9.21 Å². The van der Waals surface area contributed by atoms with Gasteiger partial charge in [-0.25, -0.2) is 0 Å². The predicted molar refractivity (Wildman–Crippen MR) is 75.2 cm³/mol. The molecule has 0 aliphatic heterocycles. The van der Waals surface area contributed by atoms with Crippen molar-refractivity contribution in [3.63, 3.8) is 0 Å². The molecule has 112 valence electrons. The lowest BCUT2D eigenvalue weighted by Crippen LogP contribution is -2.25. The fourth-order valence-corrected chi connectivity index (χ4v) is 1.74. The first-order valence-electron chi connectivity index (χ1n) is 7.34. The fourth-order valence-electron chi connectivity index (χ4n) is 1.74. The van der Waals surface area contributed by atoms with Gasteiger partial charge in [0.25, 0.3) is 0 Å². The number of rotatable bonds is 10. The Labute approximate surface area is 118 Å². The molecule has 7 heteroatoms. The second-order valence-electron chi connectivity index (χ2n) is 5.05. The average molecular weight is 281 g/mol. The van der Waals surface area contributed by atoms with Crippen molar-refractivity contribution in [3.05, 3.63) is 5.89 Å². The van der Waals surface area contributed by atoms with Crippen LogP contribution in [0, 0.1) is 0 Å². The van der Waals surface area contributed by atoms with Crippen LogP contribution in [-0.4, -0.2) is 35.2 Å². The van der Waals surface area contributed by atoms with Crippen LogP contribution in [-0.2, 0) is 11.3 Å². The summed E-state index contributed by atoms with van der Waals surface area (Å²) < 4.78 is 5.42.